The molecule has 126 valence electrons. The summed E-state index contributed by atoms with van der Waals surface area (Å²) in [6.07, 6.45) is 3.04. The van der Waals surface area contributed by atoms with E-state index in [0.717, 1.165) is 42.9 Å². The Morgan fingerprint density at radius 3 is 2.96 bits per heavy atom. The summed E-state index contributed by atoms with van der Waals surface area (Å²) in [5.41, 5.74) is 3.21. The number of carbonyl (C=O) groups excluding carboxylic acids is 1. The van der Waals surface area contributed by atoms with E-state index in [4.69, 9.17) is 4.74 Å². The average Bonchev–Trinajstić information content (AvgIpc) is 2.64. The molecule has 1 aliphatic heterocycles. The van der Waals surface area contributed by atoms with E-state index in [1.165, 1.54) is 5.56 Å². The summed E-state index contributed by atoms with van der Waals surface area (Å²) >= 11 is 0. The first-order valence-corrected chi connectivity index (χ1v) is 8.63. The fourth-order valence-electron chi connectivity index (χ4n) is 2.98. The van der Waals surface area contributed by atoms with Crippen LogP contribution in [0.2, 0.25) is 0 Å². The highest BCUT2D eigenvalue weighted by Crippen LogP contribution is 2.26. The molecule has 2 aromatic rings. The molecule has 0 aromatic heterocycles. The van der Waals surface area contributed by atoms with Gasteiger partial charge in [0.05, 0.1) is 13.2 Å². The standard InChI is InChI=1S/C20H24N2O2/c1-2-13-24-18-10-5-9-17(14-18)21-15-20(23)22-12-6-8-16-7-3-4-11-19(16)22/h3-5,7,9-11,14,21H,2,6,8,12-13,15H2,1H3. The number of ether oxygens (including phenoxy) is 1. The highest BCUT2D eigenvalue weighted by atomic mass is 16.5. The Hall–Kier alpha value is -2.49. The van der Waals surface area contributed by atoms with Gasteiger partial charge in [0.2, 0.25) is 5.91 Å². The van der Waals surface area contributed by atoms with Gasteiger partial charge in [0.25, 0.3) is 0 Å². The number of aryl methyl sites for hydroxylation is 1. The topological polar surface area (TPSA) is 41.6 Å². The molecule has 2 aromatic carbocycles. The summed E-state index contributed by atoms with van der Waals surface area (Å²) in [5.74, 6) is 0.930. The third-order valence-corrected chi connectivity index (χ3v) is 4.16. The van der Waals surface area contributed by atoms with Crippen molar-refractivity contribution in [2.24, 2.45) is 0 Å². The number of fused-ring (bicyclic) bond motifs is 1. The molecule has 1 N–H and O–H groups in total. The molecule has 0 fully saturated rings. The molecule has 0 saturated carbocycles. The maximum absolute atomic E-state index is 12.6. The van der Waals surface area contributed by atoms with E-state index >= 15 is 0 Å². The van der Waals surface area contributed by atoms with Gasteiger partial charge in [0, 0.05) is 24.0 Å². The molecule has 0 atom stereocenters. The minimum atomic E-state index is 0.0991. The van der Waals surface area contributed by atoms with Gasteiger partial charge in [0.15, 0.2) is 0 Å². The quantitative estimate of drug-likeness (QED) is 0.877. The molecule has 3 rings (SSSR count). The van der Waals surface area contributed by atoms with E-state index in [9.17, 15) is 4.79 Å². The second kappa shape index (κ2) is 7.86. The van der Waals surface area contributed by atoms with Gasteiger partial charge in [-0.3, -0.25) is 4.79 Å². The number of nitrogens with zero attached hydrogens (tertiary/aromatic N) is 1. The number of benzene rings is 2. The van der Waals surface area contributed by atoms with E-state index in [0.29, 0.717) is 6.61 Å². The van der Waals surface area contributed by atoms with Gasteiger partial charge in [-0.1, -0.05) is 31.2 Å². The number of carbonyl (C=O) groups is 1. The number of nitrogens with one attached hydrogen (secondary N) is 1. The fraction of sp³-hybridized carbons (Fsp3) is 0.350. The second-order valence-corrected chi connectivity index (χ2v) is 6.01. The molecule has 0 spiro atoms. The summed E-state index contributed by atoms with van der Waals surface area (Å²) < 4.78 is 5.63. The molecule has 0 aliphatic carbocycles. The fourth-order valence-corrected chi connectivity index (χ4v) is 2.98. The summed E-state index contributed by atoms with van der Waals surface area (Å²) in [6.45, 7) is 3.85. The molecular weight excluding hydrogens is 300 g/mol. The van der Waals surface area contributed by atoms with Crippen molar-refractivity contribution in [2.75, 3.05) is 29.9 Å². The van der Waals surface area contributed by atoms with Crippen molar-refractivity contribution in [3.05, 3.63) is 54.1 Å². The van der Waals surface area contributed by atoms with Crippen LogP contribution < -0.4 is 15.0 Å². The van der Waals surface area contributed by atoms with Crippen LogP contribution in [0.5, 0.6) is 5.75 Å². The van der Waals surface area contributed by atoms with Gasteiger partial charge >= 0.3 is 0 Å². The number of para-hydroxylation sites is 1. The normalized spacial score (nSPS) is 13.3. The van der Waals surface area contributed by atoms with Crippen LogP contribution in [0, 0.1) is 0 Å². The Labute approximate surface area is 143 Å². The summed E-state index contributed by atoms with van der Waals surface area (Å²) in [4.78, 5) is 14.5. The molecule has 1 aliphatic rings. The molecule has 0 radical (unpaired) electrons. The van der Waals surface area contributed by atoms with Gasteiger partial charge in [-0.15, -0.1) is 0 Å². The monoisotopic (exact) mass is 324 g/mol. The van der Waals surface area contributed by atoms with Gasteiger partial charge in [-0.2, -0.15) is 0 Å². The van der Waals surface area contributed by atoms with E-state index in [1.54, 1.807) is 0 Å². The average molecular weight is 324 g/mol. The molecule has 1 amide bonds. The van der Waals surface area contributed by atoms with Crippen molar-refractivity contribution in [1.29, 1.82) is 0 Å². The van der Waals surface area contributed by atoms with Crippen LogP contribution in [0.1, 0.15) is 25.3 Å². The third-order valence-electron chi connectivity index (χ3n) is 4.16. The summed E-state index contributed by atoms with van der Waals surface area (Å²) in [7, 11) is 0. The Bertz CT molecular complexity index is 700. The van der Waals surface area contributed by atoms with E-state index < -0.39 is 0 Å². The van der Waals surface area contributed by atoms with Crippen molar-refractivity contribution >= 4 is 17.3 Å². The predicted molar refractivity (Wildman–Crippen MR) is 97.8 cm³/mol. The van der Waals surface area contributed by atoms with Crippen molar-refractivity contribution in [3.8, 4) is 5.75 Å². The minimum Gasteiger partial charge on any atom is -0.494 e. The van der Waals surface area contributed by atoms with Crippen molar-refractivity contribution in [2.45, 2.75) is 26.2 Å². The maximum atomic E-state index is 12.6. The first-order valence-electron chi connectivity index (χ1n) is 8.63. The summed E-state index contributed by atoms with van der Waals surface area (Å²) in [6, 6.07) is 15.9. The SMILES string of the molecule is CCCOc1cccc(NCC(=O)N2CCCc3ccccc32)c1. The minimum absolute atomic E-state index is 0.0991. The largest absolute Gasteiger partial charge is 0.494 e. The Balaban J connectivity index is 1.62. The Kier molecular flexibility index (Phi) is 5.36. The van der Waals surface area contributed by atoms with E-state index in [1.807, 2.05) is 47.4 Å². The van der Waals surface area contributed by atoms with Gasteiger partial charge in [-0.25, -0.2) is 0 Å². The molecule has 24 heavy (non-hydrogen) atoms. The maximum Gasteiger partial charge on any atom is 0.246 e. The number of rotatable bonds is 6. The number of amides is 1. The van der Waals surface area contributed by atoms with Gasteiger partial charge in [0.1, 0.15) is 5.75 Å². The number of anilines is 2. The lowest BCUT2D eigenvalue weighted by Crippen LogP contribution is -2.39. The van der Waals surface area contributed by atoms with Crippen molar-refractivity contribution < 1.29 is 9.53 Å². The lowest BCUT2D eigenvalue weighted by atomic mass is 10.0. The first kappa shape index (κ1) is 16.4. The van der Waals surface area contributed by atoms with Gasteiger partial charge in [-0.05, 0) is 43.0 Å². The van der Waals surface area contributed by atoms with Gasteiger partial charge < -0.3 is 15.0 Å². The van der Waals surface area contributed by atoms with Crippen LogP contribution in [0.15, 0.2) is 48.5 Å². The van der Waals surface area contributed by atoms with Crippen LogP contribution in [0.3, 0.4) is 0 Å². The van der Waals surface area contributed by atoms with E-state index in [-0.39, 0.29) is 12.5 Å². The lowest BCUT2D eigenvalue weighted by molar-refractivity contribution is -0.117. The van der Waals surface area contributed by atoms with Crippen LogP contribution in [-0.4, -0.2) is 25.6 Å². The molecule has 0 saturated heterocycles. The molecule has 0 unspecified atom stereocenters. The van der Waals surface area contributed by atoms with Crippen molar-refractivity contribution in [1.82, 2.24) is 0 Å². The van der Waals surface area contributed by atoms with E-state index in [2.05, 4.69) is 18.3 Å². The second-order valence-electron chi connectivity index (χ2n) is 6.01. The smallest absolute Gasteiger partial charge is 0.246 e. The zero-order valence-electron chi connectivity index (χ0n) is 14.1. The Morgan fingerprint density at radius 1 is 1.21 bits per heavy atom. The number of hydrogen-bond acceptors (Lipinski definition) is 3. The molecule has 4 heteroatoms. The molecule has 4 nitrogen and oxygen atoms in total. The first-order chi connectivity index (χ1) is 11.8. The Morgan fingerprint density at radius 2 is 2.08 bits per heavy atom. The molecular formula is C20H24N2O2. The van der Waals surface area contributed by atoms with Crippen LogP contribution >= 0.6 is 0 Å². The van der Waals surface area contributed by atoms with Crippen LogP contribution in [-0.2, 0) is 11.2 Å². The van der Waals surface area contributed by atoms with Crippen molar-refractivity contribution in [3.63, 3.8) is 0 Å². The number of hydrogen-bond donors (Lipinski definition) is 1. The lowest BCUT2D eigenvalue weighted by Gasteiger charge is -2.29. The summed E-state index contributed by atoms with van der Waals surface area (Å²) in [5, 5.41) is 3.22. The molecule has 1 heterocycles. The zero-order valence-corrected chi connectivity index (χ0v) is 14.1. The highest BCUT2D eigenvalue weighted by molar-refractivity contribution is 5.97. The molecule has 0 bridgehead atoms. The predicted octanol–water partition coefficient (Wildman–Crippen LogP) is 3.87. The highest BCUT2D eigenvalue weighted by Gasteiger charge is 2.21. The zero-order chi connectivity index (χ0) is 16.8. The van der Waals surface area contributed by atoms with Crippen LogP contribution in [0.4, 0.5) is 11.4 Å². The third kappa shape index (κ3) is 3.88. The van der Waals surface area contributed by atoms with Crippen LogP contribution in [0.25, 0.3) is 0 Å².